The molecule has 0 radical (unpaired) electrons. The molecule has 4 N–H and O–H groups in total. The number of nitrogens with two attached hydrogens (primary N) is 1. The van der Waals surface area contributed by atoms with E-state index in [1.165, 1.54) is 6.07 Å². The predicted octanol–water partition coefficient (Wildman–Crippen LogP) is 4.89. The Bertz CT molecular complexity index is 1570. The number of aromatic nitrogens is 2. The highest BCUT2D eigenvalue weighted by Crippen LogP contribution is 2.29. The van der Waals surface area contributed by atoms with E-state index in [0.29, 0.717) is 55.3 Å². The Morgan fingerprint density at radius 1 is 1.00 bits per heavy atom. The number of rotatable bonds is 15. The first-order valence-electron chi connectivity index (χ1n) is 13.4. The fourth-order valence-electron chi connectivity index (χ4n) is 4.44. The largest absolute Gasteiger partial charge is 0.484 e. The molecule has 42 heavy (non-hydrogen) atoms. The summed E-state index contributed by atoms with van der Waals surface area (Å²) in [7, 11) is 0. The zero-order chi connectivity index (χ0) is 30.0. The second-order valence-corrected chi connectivity index (χ2v) is 9.62. The number of alkyl halides is 3. The maximum absolute atomic E-state index is 12.5. The molecule has 2 heterocycles. The van der Waals surface area contributed by atoms with Gasteiger partial charge in [-0.15, -0.1) is 0 Å². The van der Waals surface area contributed by atoms with E-state index in [9.17, 15) is 18.0 Å². The lowest BCUT2D eigenvalue weighted by atomic mass is 10.1. The summed E-state index contributed by atoms with van der Waals surface area (Å²) in [5, 5.41) is 18.2. The molecule has 0 atom stereocenters. The first-order valence-corrected chi connectivity index (χ1v) is 13.4. The molecular formula is C30H31F3N6O3. The van der Waals surface area contributed by atoms with Gasteiger partial charge < -0.3 is 25.8 Å². The van der Waals surface area contributed by atoms with Gasteiger partial charge in [-0.3, -0.25) is 9.78 Å². The highest BCUT2D eigenvalue weighted by Gasteiger charge is 2.28. The van der Waals surface area contributed by atoms with Crippen LogP contribution in [-0.2, 0) is 17.7 Å². The van der Waals surface area contributed by atoms with Gasteiger partial charge in [0.2, 0.25) is 5.91 Å². The molecule has 2 aromatic heterocycles. The molecule has 0 aliphatic heterocycles. The van der Waals surface area contributed by atoms with Crippen molar-refractivity contribution < 1.29 is 27.4 Å². The third kappa shape index (κ3) is 8.76. The van der Waals surface area contributed by atoms with Crippen LogP contribution in [0.2, 0.25) is 0 Å². The number of nitriles is 1. The lowest BCUT2D eigenvalue weighted by Crippen LogP contribution is -2.19. The van der Waals surface area contributed by atoms with Gasteiger partial charge in [-0.05, 0) is 60.8 Å². The van der Waals surface area contributed by atoms with Crippen molar-refractivity contribution in [2.45, 2.75) is 32.0 Å². The highest BCUT2D eigenvalue weighted by molar-refractivity contribution is 6.11. The zero-order valence-electron chi connectivity index (χ0n) is 22.8. The number of carbonyl (C=O) groups is 1. The molecule has 1 amide bonds. The van der Waals surface area contributed by atoms with Gasteiger partial charge in [0.1, 0.15) is 11.6 Å². The molecule has 220 valence electrons. The van der Waals surface area contributed by atoms with Gasteiger partial charge in [-0.25, -0.2) is 4.98 Å². The molecule has 0 aliphatic carbocycles. The number of carbonyl (C=O) groups excluding carboxylic acids is 1. The molecule has 0 saturated heterocycles. The number of amides is 1. The normalized spacial score (nSPS) is 11.5. The van der Waals surface area contributed by atoms with Crippen LogP contribution in [0, 0.1) is 11.3 Å². The Hall–Kier alpha value is -4.47. The number of fused-ring (bicyclic) bond motifs is 3. The third-order valence-corrected chi connectivity index (χ3v) is 6.35. The number of pyridine rings is 2. The van der Waals surface area contributed by atoms with E-state index in [1.54, 1.807) is 36.7 Å². The average Bonchev–Trinajstić information content (AvgIpc) is 2.96. The SMILES string of the molecule is N#CCc1cc(CNCCCCOCCNc2nc3cc(C(N)=O)ccc3c3cnccc23)cc(OCC(F)(F)F)c1. The maximum atomic E-state index is 12.5. The van der Waals surface area contributed by atoms with Gasteiger partial charge >= 0.3 is 6.18 Å². The van der Waals surface area contributed by atoms with Crippen molar-refractivity contribution in [2.75, 3.05) is 38.2 Å². The second-order valence-electron chi connectivity index (χ2n) is 9.62. The summed E-state index contributed by atoms with van der Waals surface area (Å²) < 4.78 is 48.1. The van der Waals surface area contributed by atoms with Crippen molar-refractivity contribution in [3.05, 3.63) is 71.5 Å². The Balaban J connectivity index is 1.18. The van der Waals surface area contributed by atoms with E-state index in [0.717, 1.165) is 34.6 Å². The molecule has 12 heteroatoms. The Kier molecular flexibility index (Phi) is 10.5. The lowest BCUT2D eigenvalue weighted by molar-refractivity contribution is -0.153. The Morgan fingerprint density at radius 2 is 1.83 bits per heavy atom. The van der Waals surface area contributed by atoms with Crippen LogP contribution < -0.4 is 21.1 Å². The van der Waals surface area contributed by atoms with Crippen LogP contribution in [0.4, 0.5) is 19.0 Å². The smallest absolute Gasteiger partial charge is 0.422 e. The number of benzene rings is 2. The van der Waals surface area contributed by atoms with Crippen LogP contribution in [0.25, 0.3) is 21.7 Å². The summed E-state index contributed by atoms with van der Waals surface area (Å²) >= 11 is 0. The van der Waals surface area contributed by atoms with Crippen LogP contribution in [0.5, 0.6) is 5.75 Å². The first-order chi connectivity index (χ1) is 20.2. The summed E-state index contributed by atoms with van der Waals surface area (Å²) in [5.41, 5.74) is 7.81. The maximum Gasteiger partial charge on any atom is 0.422 e. The predicted molar refractivity (Wildman–Crippen MR) is 153 cm³/mol. The van der Waals surface area contributed by atoms with Crippen LogP contribution >= 0.6 is 0 Å². The minimum Gasteiger partial charge on any atom is -0.484 e. The van der Waals surface area contributed by atoms with Crippen molar-refractivity contribution in [1.29, 1.82) is 5.26 Å². The van der Waals surface area contributed by atoms with Gasteiger partial charge in [0.05, 0.1) is 24.6 Å². The van der Waals surface area contributed by atoms with E-state index in [2.05, 4.69) is 15.6 Å². The quantitative estimate of drug-likeness (QED) is 0.134. The van der Waals surface area contributed by atoms with Crippen LogP contribution in [0.15, 0.2) is 54.9 Å². The van der Waals surface area contributed by atoms with Crippen LogP contribution in [0.1, 0.15) is 34.3 Å². The Morgan fingerprint density at radius 3 is 2.62 bits per heavy atom. The van der Waals surface area contributed by atoms with Crippen molar-refractivity contribution in [2.24, 2.45) is 5.73 Å². The molecule has 0 saturated carbocycles. The summed E-state index contributed by atoms with van der Waals surface area (Å²) in [5.74, 6) is 0.245. The molecule has 2 aromatic carbocycles. The van der Waals surface area contributed by atoms with E-state index in [1.807, 2.05) is 18.2 Å². The highest BCUT2D eigenvalue weighted by atomic mass is 19.4. The van der Waals surface area contributed by atoms with Gasteiger partial charge in [-0.2, -0.15) is 18.4 Å². The number of nitrogens with zero attached hydrogens (tertiary/aromatic N) is 3. The van der Waals surface area contributed by atoms with Crippen molar-refractivity contribution in [3.8, 4) is 11.8 Å². The lowest BCUT2D eigenvalue weighted by Gasteiger charge is -2.13. The number of unbranched alkanes of at least 4 members (excludes halogenated alkanes) is 1. The fourth-order valence-corrected chi connectivity index (χ4v) is 4.44. The summed E-state index contributed by atoms with van der Waals surface area (Å²) in [6, 6.07) is 13.9. The summed E-state index contributed by atoms with van der Waals surface area (Å²) in [4.78, 5) is 20.5. The molecule has 9 nitrogen and oxygen atoms in total. The number of halogens is 3. The first kappa shape index (κ1) is 30.5. The molecule has 4 rings (SSSR count). The molecule has 0 fully saturated rings. The summed E-state index contributed by atoms with van der Waals surface area (Å²) in [6.07, 6.45) is 0.784. The second kappa shape index (κ2) is 14.4. The van der Waals surface area contributed by atoms with Gasteiger partial charge in [0.15, 0.2) is 6.61 Å². The Labute approximate surface area is 240 Å². The summed E-state index contributed by atoms with van der Waals surface area (Å²) in [6.45, 7) is 1.31. The van der Waals surface area contributed by atoms with E-state index in [4.69, 9.17) is 25.5 Å². The minimum absolute atomic E-state index is 0.0863. The third-order valence-electron chi connectivity index (χ3n) is 6.35. The van der Waals surface area contributed by atoms with E-state index >= 15 is 0 Å². The fraction of sp³-hybridized carbons (Fsp3) is 0.333. The van der Waals surface area contributed by atoms with E-state index < -0.39 is 18.7 Å². The van der Waals surface area contributed by atoms with Gasteiger partial charge in [-0.1, -0.05) is 12.1 Å². The van der Waals surface area contributed by atoms with Crippen LogP contribution in [-0.4, -0.2) is 55.0 Å². The standard InChI is InChI=1S/C30H31F3N6O3/c31-30(32,33)19-42-23-14-20(5-7-34)13-21(15-23)17-36-8-1-2-11-41-12-10-38-29-25-6-9-37-18-26(25)24-4-3-22(28(35)40)16-27(24)39-29/h3-4,6,9,13-16,18,36H,1-2,5,8,10-12,17,19H2,(H2,35,40)(H,38,39). The number of anilines is 1. The monoisotopic (exact) mass is 580 g/mol. The molecular weight excluding hydrogens is 549 g/mol. The number of hydrogen-bond donors (Lipinski definition) is 3. The molecule has 0 bridgehead atoms. The van der Waals surface area contributed by atoms with Gasteiger partial charge in [0.25, 0.3) is 0 Å². The van der Waals surface area contributed by atoms with Crippen molar-refractivity contribution >= 4 is 33.4 Å². The molecule has 0 unspecified atom stereocenters. The zero-order valence-corrected chi connectivity index (χ0v) is 22.8. The molecule has 0 spiro atoms. The molecule has 0 aliphatic rings. The van der Waals surface area contributed by atoms with Crippen molar-refractivity contribution in [1.82, 2.24) is 15.3 Å². The number of hydrogen-bond acceptors (Lipinski definition) is 8. The van der Waals surface area contributed by atoms with Crippen molar-refractivity contribution in [3.63, 3.8) is 0 Å². The average molecular weight is 581 g/mol. The van der Waals surface area contributed by atoms with Gasteiger partial charge in [0, 0.05) is 53.8 Å². The number of primary amides is 1. The number of nitrogens with one attached hydrogen (secondary N) is 2. The number of ether oxygens (including phenoxy) is 2. The van der Waals surface area contributed by atoms with Crippen LogP contribution in [0.3, 0.4) is 0 Å². The molecule has 4 aromatic rings. The van der Waals surface area contributed by atoms with E-state index in [-0.39, 0.29) is 12.2 Å². The minimum atomic E-state index is -4.43. The topological polar surface area (TPSA) is 135 Å².